The Morgan fingerprint density at radius 1 is 1.29 bits per heavy atom. The molecule has 0 spiro atoms. The van der Waals surface area contributed by atoms with Crippen molar-refractivity contribution < 1.29 is 13.2 Å². The van der Waals surface area contributed by atoms with Gasteiger partial charge in [-0.3, -0.25) is 9.78 Å². The van der Waals surface area contributed by atoms with Crippen LogP contribution < -0.4 is 11.1 Å². The van der Waals surface area contributed by atoms with Crippen LogP contribution in [0.25, 0.3) is 0 Å². The first-order valence-electron chi connectivity index (χ1n) is 7.99. The number of aryl methyl sites for hydroxylation is 1. The van der Waals surface area contributed by atoms with Crippen LogP contribution in [-0.2, 0) is 15.6 Å². The lowest BCUT2D eigenvalue weighted by Crippen LogP contribution is -2.50. The van der Waals surface area contributed by atoms with Crippen molar-refractivity contribution in [3.05, 3.63) is 47.7 Å². The summed E-state index contributed by atoms with van der Waals surface area (Å²) < 4.78 is 25.6. The third-order valence-corrected chi connectivity index (χ3v) is 6.15. The van der Waals surface area contributed by atoms with Crippen molar-refractivity contribution in [2.75, 3.05) is 18.1 Å². The minimum atomic E-state index is -3.60. The van der Waals surface area contributed by atoms with E-state index in [9.17, 15) is 13.2 Å². The molecule has 0 bridgehead atoms. The Kier molecular flexibility index (Phi) is 5.69. The number of carbonyl (C=O) groups is 1. The minimum Gasteiger partial charge on any atom is -0.369 e. The van der Waals surface area contributed by atoms with Crippen molar-refractivity contribution in [1.82, 2.24) is 19.3 Å². The highest BCUT2D eigenvalue weighted by atomic mass is 32.2. The summed E-state index contributed by atoms with van der Waals surface area (Å²) in [6.07, 6.45) is 4.32. The zero-order valence-electron chi connectivity index (χ0n) is 15.0. The van der Waals surface area contributed by atoms with Gasteiger partial charge in [-0.25, -0.2) is 27.7 Å². The summed E-state index contributed by atoms with van der Waals surface area (Å²) in [6.45, 7) is 3.43. The molecule has 0 aromatic carbocycles. The summed E-state index contributed by atoms with van der Waals surface area (Å²) in [4.78, 5) is 28.8. The SMILES string of the molecule is C.Cc1cnc(C(=O)Nc2cc([C@]3(C)CS(=O)(=O)N(C)C(N)=N3)ccn2)cn1. The van der Waals surface area contributed by atoms with Crippen LogP contribution in [0.15, 0.2) is 35.7 Å². The molecule has 0 saturated carbocycles. The first kappa shape index (κ1) is 21.2. The quantitative estimate of drug-likeness (QED) is 0.771. The second-order valence-corrected chi connectivity index (χ2v) is 8.39. The summed E-state index contributed by atoms with van der Waals surface area (Å²) in [5.74, 6) is -0.582. The Labute approximate surface area is 164 Å². The van der Waals surface area contributed by atoms with E-state index in [4.69, 9.17) is 5.73 Å². The third kappa shape index (κ3) is 4.09. The number of rotatable bonds is 3. The maximum absolute atomic E-state index is 12.3. The van der Waals surface area contributed by atoms with Gasteiger partial charge in [-0.2, -0.15) is 0 Å². The maximum Gasteiger partial charge on any atom is 0.277 e. The Hall–Kier alpha value is -3.08. The monoisotopic (exact) mass is 405 g/mol. The number of pyridine rings is 1. The third-order valence-electron chi connectivity index (χ3n) is 4.20. The first-order chi connectivity index (χ1) is 12.6. The smallest absolute Gasteiger partial charge is 0.277 e. The summed E-state index contributed by atoms with van der Waals surface area (Å²) in [6, 6.07) is 3.20. The van der Waals surface area contributed by atoms with Gasteiger partial charge in [-0.15, -0.1) is 0 Å². The fourth-order valence-electron chi connectivity index (χ4n) is 2.62. The van der Waals surface area contributed by atoms with Gasteiger partial charge in [-0.05, 0) is 31.5 Å². The van der Waals surface area contributed by atoms with Gasteiger partial charge in [0.25, 0.3) is 5.91 Å². The van der Waals surface area contributed by atoms with Crippen LogP contribution in [-0.4, -0.2) is 52.3 Å². The lowest BCUT2D eigenvalue weighted by Gasteiger charge is -2.34. The van der Waals surface area contributed by atoms with Gasteiger partial charge in [0.2, 0.25) is 16.0 Å². The molecule has 1 atom stereocenters. The van der Waals surface area contributed by atoms with E-state index in [1.807, 2.05) is 0 Å². The van der Waals surface area contributed by atoms with Crippen molar-refractivity contribution in [3.8, 4) is 0 Å². The predicted molar refractivity (Wildman–Crippen MR) is 106 cm³/mol. The molecule has 0 fully saturated rings. The molecule has 1 aliphatic rings. The van der Waals surface area contributed by atoms with Crippen LogP contribution in [0.3, 0.4) is 0 Å². The number of sulfonamides is 1. The minimum absolute atomic E-state index is 0. The second-order valence-electron chi connectivity index (χ2n) is 6.39. The first-order valence-corrected chi connectivity index (χ1v) is 9.60. The molecule has 28 heavy (non-hydrogen) atoms. The summed E-state index contributed by atoms with van der Waals surface area (Å²) >= 11 is 0. The molecule has 1 aliphatic heterocycles. The van der Waals surface area contributed by atoms with Crippen LogP contribution in [0.5, 0.6) is 0 Å². The van der Waals surface area contributed by atoms with Gasteiger partial charge in [-0.1, -0.05) is 7.43 Å². The highest BCUT2D eigenvalue weighted by Crippen LogP contribution is 2.32. The fraction of sp³-hybridized carbons (Fsp3) is 0.353. The van der Waals surface area contributed by atoms with Crippen LogP contribution in [0.4, 0.5) is 5.82 Å². The van der Waals surface area contributed by atoms with E-state index in [1.165, 1.54) is 25.6 Å². The number of nitrogens with one attached hydrogen (secondary N) is 1. The van der Waals surface area contributed by atoms with Gasteiger partial charge in [0.15, 0.2) is 0 Å². The number of aromatic nitrogens is 3. The molecule has 2 aromatic rings. The van der Waals surface area contributed by atoms with Crippen LogP contribution in [0.1, 0.15) is 36.1 Å². The average Bonchev–Trinajstić information content (AvgIpc) is 2.60. The van der Waals surface area contributed by atoms with Crippen molar-refractivity contribution in [3.63, 3.8) is 0 Å². The number of aliphatic imine (C=N–C) groups is 1. The van der Waals surface area contributed by atoms with E-state index in [2.05, 4.69) is 25.3 Å². The topological polar surface area (TPSA) is 144 Å². The summed E-state index contributed by atoms with van der Waals surface area (Å²) in [5.41, 5.74) is 6.07. The Morgan fingerprint density at radius 3 is 2.61 bits per heavy atom. The standard InChI is InChI=1S/C16H19N7O3S.CH4/c1-10-7-20-12(8-19-10)14(24)21-13-6-11(4-5-18-13)16(2)9-27(25,26)23(3)15(17)22-16;/h4-8H,9H2,1-3H3,(H2,17,22)(H,18,21,24);1H4/t16-;/m0./s1. The molecular weight excluding hydrogens is 382 g/mol. The van der Waals surface area contributed by atoms with Gasteiger partial charge in [0.1, 0.15) is 17.1 Å². The molecule has 3 N–H and O–H groups in total. The molecule has 0 unspecified atom stereocenters. The van der Waals surface area contributed by atoms with Gasteiger partial charge in [0.05, 0.1) is 17.6 Å². The number of carbonyl (C=O) groups excluding carboxylic acids is 1. The lowest BCUT2D eigenvalue weighted by atomic mass is 9.95. The highest BCUT2D eigenvalue weighted by molar-refractivity contribution is 7.89. The predicted octanol–water partition coefficient (Wildman–Crippen LogP) is 0.874. The highest BCUT2D eigenvalue weighted by Gasteiger charge is 2.40. The van der Waals surface area contributed by atoms with Crippen molar-refractivity contribution in [1.29, 1.82) is 0 Å². The molecule has 11 heteroatoms. The van der Waals surface area contributed by atoms with E-state index in [0.717, 1.165) is 4.31 Å². The maximum atomic E-state index is 12.3. The summed E-state index contributed by atoms with van der Waals surface area (Å²) in [5, 5.41) is 2.62. The number of hydrogen-bond donors (Lipinski definition) is 2. The van der Waals surface area contributed by atoms with Gasteiger partial charge >= 0.3 is 0 Å². The van der Waals surface area contributed by atoms with E-state index < -0.39 is 21.5 Å². The molecule has 150 valence electrons. The molecule has 2 aromatic heterocycles. The molecule has 3 rings (SSSR count). The lowest BCUT2D eigenvalue weighted by molar-refractivity contribution is 0.102. The Bertz CT molecular complexity index is 1020. The van der Waals surface area contributed by atoms with E-state index in [-0.39, 0.29) is 30.7 Å². The van der Waals surface area contributed by atoms with E-state index in [0.29, 0.717) is 11.3 Å². The van der Waals surface area contributed by atoms with Crippen molar-refractivity contribution >= 4 is 27.7 Å². The largest absolute Gasteiger partial charge is 0.369 e. The van der Waals surface area contributed by atoms with Crippen LogP contribution in [0.2, 0.25) is 0 Å². The molecule has 0 aliphatic carbocycles. The van der Waals surface area contributed by atoms with Gasteiger partial charge < -0.3 is 11.1 Å². The van der Waals surface area contributed by atoms with Crippen molar-refractivity contribution in [2.24, 2.45) is 10.7 Å². The molecule has 3 heterocycles. The molecule has 0 radical (unpaired) electrons. The number of anilines is 1. The zero-order valence-corrected chi connectivity index (χ0v) is 15.9. The summed E-state index contributed by atoms with van der Waals surface area (Å²) in [7, 11) is -2.24. The second kappa shape index (κ2) is 7.50. The molecule has 0 saturated heterocycles. The number of nitrogens with zero attached hydrogens (tertiary/aromatic N) is 5. The molecule has 10 nitrogen and oxygen atoms in total. The van der Waals surface area contributed by atoms with E-state index in [1.54, 1.807) is 26.0 Å². The number of hydrogen-bond acceptors (Lipinski definition) is 8. The Balaban J connectivity index is 0.00000280. The Morgan fingerprint density at radius 2 is 2.00 bits per heavy atom. The fourth-order valence-corrected chi connectivity index (χ4v) is 4.08. The number of nitrogens with two attached hydrogens (primary N) is 1. The number of guanidine groups is 1. The normalized spacial score (nSPS) is 20.7. The number of amides is 1. The van der Waals surface area contributed by atoms with Crippen LogP contribution >= 0.6 is 0 Å². The van der Waals surface area contributed by atoms with Crippen LogP contribution in [0, 0.1) is 6.92 Å². The molecule has 1 amide bonds. The van der Waals surface area contributed by atoms with Crippen molar-refractivity contribution in [2.45, 2.75) is 26.8 Å². The average molecular weight is 405 g/mol. The van der Waals surface area contributed by atoms with Gasteiger partial charge in [0, 0.05) is 19.4 Å². The van der Waals surface area contributed by atoms with E-state index >= 15 is 0 Å². The molecular formula is C17H23N7O3S. The zero-order chi connectivity index (χ0) is 19.8.